The molecule has 3 rings (SSSR count). The van der Waals surface area contributed by atoms with Crippen molar-refractivity contribution in [1.29, 1.82) is 0 Å². The van der Waals surface area contributed by atoms with Crippen LogP contribution in [0, 0.1) is 0 Å². The number of ether oxygens (including phenoxy) is 1. The Balaban J connectivity index is 1.43. The Bertz CT molecular complexity index is 1080. The molecule has 2 atom stereocenters. The molecule has 0 bridgehead atoms. The van der Waals surface area contributed by atoms with Gasteiger partial charge in [0.2, 0.25) is 0 Å². The zero-order chi connectivity index (χ0) is 25.4. The van der Waals surface area contributed by atoms with Crippen LogP contribution in [0.4, 0.5) is 0 Å². The van der Waals surface area contributed by atoms with Crippen LogP contribution >= 0.6 is 8.03 Å². The number of rotatable bonds is 15. The van der Waals surface area contributed by atoms with Crippen molar-refractivity contribution in [3.63, 3.8) is 0 Å². The first-order valence-electron chi connectivity index (χ1n) is 12.3. The largest absolute Gasteiger partial charge is 0.508 e. The first-order valence-corrected chi connectivity index (χ1v) is 13.6. The molecule has 7 heteroatoms. The molecular weight excluding hydrogens is 473 g/mol. The summed E-state index contributed by atoms with van der Waals surface area (Å²) < 4.78 is 23.6. The molecule has 36 heavy (non-hydrogen) atoms. The summed E-state index contributed by atoms with van der Waals surface area (Å²) in [7, 11) is -1.99. The number of nitrogens with one attached hydrogen (secondary N) is 1. The zero-order valence-electron chi connectivity index (χ0n) is 20.4. The van der Waals surface area contributed by atoms with Gasteiger partial charge in [0.25, 0.3) is 5.91 Å². The molecule has 1 N–H and O–H groups in total. The Hall–Kier alpha value is -3.34. The van der Waals surface area contributed by atoms with Crippen LogP contribution < -0.4 is 5.32 Å². The van der Waals surface area contributed by atoms with Gasteiger partial charge in [-0.15, -0.1) is 4.52 Å². The highest BCUT2D eigenvalue weighted by molar-refractivity contribution is 7.39. The molecule has 0 radical (unpaired) electrons. The molecule has 1 unspecified atom stereocenters. The molecule has 0 aliphatic carbocycles. The van der Waals surface area contributed by atoms with E-state index in [0.717, 1.165) is 30.4 Å². The van der Waals surface area contributed by atoms with Gasteiger partial charge >= 0.3 is 14.0 Å². The normalized spacial score (nSPS) is 11.9. The molecule has 6 nitrogen and oxygen atoms in total. The van der Waals surface area contributed by atoms with E-state index < -0.39 is 20.1 Å². The molecule has 0 spiro atoms. The average molecular weight is 507 g/mol. The minimum absolute atomic E-state index is 0.0439. The third kappa shape index (κ3) is 10.5. The molecule has 0 aliphatic heterocycles. The number of esters is 1. The summed E-state index contributed by atoms with van der Waals surface area (Å²) in [6.07, 6.45) is 2.40. The van der Waals surface area contributed by atoms with Gasteiger partial charge in [-0.1, -0.05) is 91.0 Å². The molecule has 3 aromatic carbocycles. The fraction of sp³-hybridized carbons (Fsp3) is 0.310. The van der Waals surface area contributed by atoms with Crippen molar-refractivity contribution in [3.8, 4) is 0 Å². The van der Waals surface area contributed by atoms with E-state index in [-0.39, 0.29) is 25.5 Å². The fourth-order valence-electron chi connectivity index (χ4n) is 3.63. The van der Waals surface area contributed by atoms with E-state index in [1.165, 1.54) is 5.56 Å². The summed E-state index contributed by atoms with van der Waals surface area (Å²) in [6, 6.07) is 29.0. The highest BCUT2D eigenvalue weighted by Crippen LogP contribution is 2.28. The smallest absolute Gasteiger partial charge is 0.461 e. The maximum Gasteiger partial charge on any atom is 0.508 e. The van der Waals surface area contributed by atoms with Gasteiger partial charge in [-0.25, -0.2) is 0 Å². The highest BCUT2D eigenvalue weighted by atomic mass is 31.1. The third-order valence-electron chi connectivity index (χ3n) is 5.57. The van der Waals surface area contributed by atoms with E-state index >= 15 is 0 Å². The number of hydrogen-bond donors (Lipinski definition) is 1. The maximum absolute atomic E-state index is 12.8. The second-order valence-electron chi connectivity index (χ2n) is 8.47. The lowest BCUT2D eigenvalue weighted by Crippen LogP contribution is -2.38. The second-order valence-corrected chi connectivity index (χ2v) is 9.79. The quantitative estimate of drug-likeness (QED) is 0.164. The molecule has 1 amide bonds. The number of hydrogen-bond acceptors (Lipinski definition) is 5. The van der Waals surface area contributed by atoms with E-state index in [9.17, 15) is 14.2 Å². The Kier molecular flexibility index (Phi) is 11.8. The lowest BCUT2D eigenvalue weighted by molar-refractivity contribution is -0.144. The Morgan fingerprint density at radius 2 is 1.36 bits per heavy atom. The van der Waals surface area contributed by atoms with Crippen molar-refractivity contribution in [2.75, 3.05) is 12.7 Å². The van der Waals surface area contributed by atoms with Crippen LogP contribution in [0.3, 0.4) is 0 Å². The molecule has 0 saturated carbocycles. The van der Waals surface area contributed by atoms with Gasteiger partial charge in [-0.05, 0) is 40.5 Å². The number of benzene rings is 3. The second kappa shape index (κ2) is 15.6. The van der Waals surface area contributed by atoms with Crippen LogP contribution in [-0.4, -0.2) is 30.7 Å². The van der Waals surface area contributed by atoms with Crippen LogP contribution in [-0.2, 0) is 42.9 Å². The standard InChI is InChI=1S/C29H32NO5P/c31-28(34-23-26-17-8-3-9-18-26)19-20-30-29(32)27(22-25-15-6-2-7-16-25)35-36(33)21-11-10-14-24-12-4-1-5-13-24/h1-9,12-13,15-18,27H,10-11,14,19-23H2/p+1/t27-/m0/s1. The van der Waals surface area contributed by atoms with Gasteiger partial charge in [0.05, 0.1) is 6.42 Å². The average Bonchev–Trinajstić information content (AvgIpc) is 2.91. The highest BCUT2D eigenvalue weighted by Gasteiger charge is 2.30. The minimum atomic E-state index is -1.99. The van der Waals surface area contributed by atoms with Gasteiger partial charge in [0.15, 0.2) is 12.3 Å². The summed E-state index contributed by atoms with van der Waals surface area (Å²) in [5.74, 6) is -0.786. The molecule has 0 saturated heterocycles. The van der Waals surface area contributed by atoms with Crippen molar-refractivity contribution < 1.29 is 23.4 Å². The number of aryl methyl sites for hydroxylation is 1. The summed E-state index contributed by atoms with van der Waals surface area (Å²) in [6.45, 7) is 0.313. The van der Waals surface area contributed by atoms with Crippen molar-refractivity contribution >= 4 is 19.9 Å². The maximum atomic E-state index is 12.8. The van der Waals surface area contributed by atoms with Crippen LogP contribution in [0.15, 0.2) is 91.0 Å². The summed E-state index contributed by atoms with van der Waals surface area (Å²) >= 11 is 0. The lowest BCUT2D eigenvalue weighted by atomic mass is 10.1. The predicted octanol–water partition coefficient (Wildman–Crippen LogP) is 5.63. The van der Waals surface area contributed by atoms with Crippen molar-refractivity contribution in [1.82, 2.24) is 5.32 Å². The van der Waals surface area contributed by atoms with Crippen molar-refractivity contribution in [2.24, 2.45) is 0 Å². The Labute approximate surface area is 213 Å². The molecule has 0 heterocycles. The fourth-order valence-corrected chi connectivity index (χ4v) is 4.67. The molecule has 3 aromatic rings. The van der Waals surface area contributed by atoms with Crippen LogP contribution in [0.2, 0.25) is 0 Å². The summed E-state index contributed by atoms with van der Waals surface area (Å²) in [5.41, 5.74) is 3.06. The van der Waals surface area contributed by atoms with E-state index in [1.807, 2.05) is 78.9 Å². The first-order chi connectivity index (χ1) is 17.6. The molecule has 0 fully saturated rings. The Morgan fingerprint density at radius 3 is 2.00 bits per heavy atom. The van der Waals surface area contributed by atoms with Gasteiger partial charge < -0.3 is 10.1 Å². The van der Waals surface area contributed by atoms with E-state index in [2.05, 4.69) is 17.4 Å². The first kappa shape index (κ1) is 27.3. The van der Waals surface area contributed by atoms with Gasteiger partial charge in [-0.2, -0.15) is 0 Å². The SMILES string of the molecule is O=C(CCNC(=O)[C@H](Cc1ccccc1)O[P+](=O)CCCCc1ccccc1)OCc1ccccc1. The molecule has 0 aliphatic rings. The van der Waals surface area contributed by atoms with Crippen LogP contribution in [0.1, 0.15) is 36.0 Å². The summed E-state index contributed by atoms with van der Waals surface area (Å²) in [4.78, 5) is 24.9. The number of carbonyl (C=O) groups excluding carboxylic acids is 2. The Morgan fingerprint density at radius 1 is 0.778 bits per heavy atom. The van der Waals surface area contributed by atoms with Crippen LogP contribution in [0.25, 0.3) is 0 Å². The topological polar surface area (TPSA) is 81.7 Å². The number of amides is 1. The van der Waals surface area contributed by atoms with E-state index in [4.69, 9.17) is 9.26 Å². The summed E-state index contributed by atoms with van der Waals surface area (Å²) in [5, 5.41) is 2.73. The molecule has 188 valence electrons. The monoisotopic (exact) mass is 506 g/mol. The third-order valence-corrected chi connectivity index (χ3v) is 6.74. The minimum Gasteiger partial charge on any atom is -0.461 e. The van der Waals surface area contributed by atoms with E-state index in [1.54, 1.807) is 0 Å². The molecular formula is C29H33NO5P+. The van der Waals surface area contributed by atoms with Gasteiger partial charge in [0, 0.05) is 13.0 Å². The lowest BCUT2D eigenvalue weighted by Gasteiger charge is -2.12. The number of carbonyl (C=O) groups is 2. The number of unbranched alkanes of at least 4 members (excludes halogenated alkanes) is 1. The van der Waals surface area contributed by atoms with E-state index in [0.29, 0.717) is 12.6 Å². The zero-order valence-corrected chi connectivity index (χ0v) is 21.3. The van der Waals surface area contributed by atoms with Gasteiger partial charge in [-0.3, -0.25) is 9.59 Å². The molecule has 0 aromatic heterocycles. The predicted molar refractivity (Wildman–Crippen MR) is 141 cm³/mol. The van der Waals surface area contributed by atoms with Crippen LogP contribution in [0.5, 0.6) is 0 Å². The van der Waals surface area contributed by atoms with Gasteiger partial charge in [0.1, 0.15) is 6.61 Å². The van der Waals surface area contributed by atoms with Crippen molar-refractivity contribution in [2.45, 2.75) is 44.8 Å². The van der Waals surface area contributed by atoms with Crippen molar-refractivity contribution in [3.05, 3.63) is 108 Å².